The van der Waals surface area contributed by atoms with Gasteiger partial charge in [-0.3, -0.25) is 14.4 Å². The van der Waals surface area contributed by atoms with Crippen LogP contribution in [-0.4, -0.2) is 5.91 Å². The van der Waals surface area contributed by atoms with Gasteiger partial charge in [0.25, 0.3) is 16.8 Å². The van der Waals surface area contributed by atoms with Gasteiger partial charge in [-0.1, -0.05) is 26.8 Å². The lowest BCUT2D eigenvalue weighted by Gasteiger charge is -2.32. The molecule has 156 valence electrons. The summed E-state index contributed by atoms with van der Waals surface area (Å²) in [5.41, 5.74) is -0.838. The minimum atomic E-state index is -0.733. The van der Waals surface area contributed by atoms with Gasteiger partial charge in [-0.15, -0.1) is 11.3 Å². The standard InChI is InChI=1S/C22H22FN3O3S/c1-10-5-8-13(30-10)20(22(2,3)4)26-17-16(18(27)19(17)28)25-15-12(23)7-6-11-9-24-21(29)14(11)15/h5-8,20,25-26H,9H2,1-4H3,(H,24,29)/t20-/m0/s1. The Morgan fingerprint density at radius 1 is 1.03 bits per heavy atom. The molecule has 3 aromatic rings. The van der Waals surface area contributed by atoms with E-state index in [0.717, 1.165) is 9.75 Å². The van der Waals surface area contributed by atoms with Crippen LogP contribution in [0.15, 0.2) is 33.9 Å². The fraction of sp³-hybridized carbons (Fsp3) is 0.318. The number of hydrogen-bond acceptors (Lipinski definition) is 6. The molecule has 1 atom stereocenters. The predicted octanol–water partition coefficient (Wildman–Crippen LogP) is 3.98. The van der Waals surface area contributed by atoms with Gasteiger partial charge in [0.15, 0.2) is 0 Å². The molecule has 0 unspecified atom stereocenters. The molecule has 30 heavy (non-hydrogen) atoms. The highest BCUT2D eigenvalue weighted by Crippen LogP contribution is 2.40. The van der Waals surface area contributed by atoms with Crippen LogP contribution in [0.2, 0.25) is 0 Å². The van der Waals surface area contributed by atoms with Gasteiger partial charge >= 0.3 is 0 Å². The Morgan fingerprint density at radius 3 is 2.37 bits per heavy atom. The Morgan fingerprint density at radius 2 is 1.73 bits per heavy atom. The number of thiophene rings is 1. The van der Waals surface area contributed by atoms with E-state index in [1.165, 1.54) is 12.1 Å². The Hall–Kier alpha value is -3.00. The van der Waals surface area contributed by atoms with Crippen LogP contribution in [0.25, 0.3) is 0 Å². The van der Waals surface area contributed by atoms with E-state index in [1.54, 1.807) is 11.3 Å². The summed E-state index contributed by atoms with van der Waals surface area (Å²) in [6.07, 6.45) is 0. The lowest BCUT2D eigenvalue weighted by Crippen LogP contribution is -2.39. The number of rotatable bonds is 5. The van der Waals surface area contributed by atoms with E-state index >= 15 is 0 Å². The van der Waals surface area contributed by atoms with E-state index in [9.17, 15) is 18.8 Å². The first-order valence-corrected chi connectivity index (χ1v) is 10.4. The number of fused-ring (bicyclic) bond motifs is 1. The summed E-state index contributed by atoms with van der Waals surface area (Å²) >= 11 is 1.61. The molecule has 6 nitrogen and oxygen atoms in total. The van der Waals surface area contributed by atoms with E-state index in [4.69, 9.17) is 0 Å². The third-order valence-electron chi connectivity index (χ3n) is 5.27. The van der Waals surface area contributed by atoms with Crippen LogP contribution in [0, 0.1) is 18.2 Å². The van der Waals surface area contributed by atoms with Crippen LogP contribution >= 0.6 is 11.3 Å². The van der Waals surface area contributed by atoms with Gasteiger partial charge < -0.3 is 16.0 Å². The molecule has 0 radical (unpaired) electrons. The molecule has 1 aliphatic rings. The lowest BCUT2D eigenvalue weighted by molar-refractivity contribution is 0.0966. The van der Waals surface area contributed by atoms with Crippen LogP contribution in [0.3, 0.4) is 0 Å². The minimum absolute atomic E-state index is 0.0190. The van der Waals surface area contributed by atoms with Crippen molar-refractivity contribution in [3.63, 3.8) is 0 Å². The molecule has 0 fully saturated rings. The van der Waals surface area contributed by atoms with Gasteiger partial charge in [-0.2, -0.15) is 0 Å². The molecule has 2 aromatic carbocycles. The number of halogens is 1. The Labute approximate surface area is 176 Å². The molecule has 0 saturated carbocycles. The highest BCUT2D eigenvalue weighted by Gasteiger charge is 2.33. The summed E-state index contributed by atoms with van der Waals surface area (Å²) in [6, 6.07) is 6.55. The summed E-state index contributed by atoms with van der Waals surface area (Å²) in [7, 11) is 0. The highest BCUT2D eigenvalue weighted by molar-refractivity contribution is 7.12. The van der Waals surface area contributed by atoms with E-state index in [0.29, 0.717) is 12.1 Å². The number of aryl methyl sites for hydroxylation is 1. The first kappa shape index (κ1) is 20.3. The predicted molar refractivity (Wildman–Crippen MR) is 117 cm³/mol. The molecule has 0 spiro atoms. The molecule has 0 aliphatic carbocycles. The van der Waals surface area contributed by atoms with E-state index < -0.39 is 22.6 Å². The number of carbonyl (C=O) groups excluding carboxylic acids is 1. The molecule has 1 aromatic heterocycles. The van der Waals surface area contributed by atoms with Crippen molar-refractivity contribution in [2.75, 3.05) is 10.6 Å². The van der Waals surface area contributed by atoms with Crippen molar-refractivity contribution in [3.05, 3.63) is 71.4 Å². The number of anilines is 3. The quantitative estimate of drug-likeness (QED) is 0.536. The molecule has 3 N–H and O–H groups in total. The topological polar surface area (TPSA) is 87.3 Å². The fourth-order valence-electron chi connectivity index (χ4n) is 3.65. The maximum atomic E-state index is 14.5. The van der Waals surface area contributed by atoms with Crippen molar-refractivity contribution >= 4 is 34.3 Å². The zero-order valence-electron chi connectivity index (χ0n) is 17.1. The van der Waals surface area contributed by atoms with Crippen LogP contribution in [0.5, 0.6) is 0 Å². The molecular weight excluding hydrogens is 405 g/mol. The average molecular weight is 428 g/mol. The number of nitrogens with one attached hydrogen (secondary N) is 3. The average Bonchev–Trinajstić information content (AvgIpc) is 3.27. The second kappa shape index (κ2) is 7.05. The van der Waals surface area contributed by atoms with Crippen molar-refractivity contribution in [1.29, 1.82) is 0 Å². The third kappa shape index (κ3) is 3.31. The lowest BCUT2D eigenvalue weighted by atomic mass is 9.85. The molecular formula is C22H22FN3O3S. The van der Waals surface area contributed by atoms with Crippen LogP contribution in [0.1, 0.15) is 52.5 Å². The largest absolute Gasteiger partial charge is 0.372 e. The van der Waals surface area contributed by atoms with Crippen LogP contribution in [0.4, 0.5) is 21.5 Å². The first-order valence-electron chi connectivity index (χ1n) is 9.60. The second-order valence-electron chi connectivity index (χ2n) is 8.56. The summed E-state index contributed by atoms with van der Waals surface area (Å²) in [5.74, 6) is -1.08. The number of hydrogen-bond donors (Lipinski definition) is 3. The molecule has 8 heteroatoms. The van der Waals surface area contributed by atoms with Crippen LogP contribution in [-0.2, 0) is 6.54 Å². The SMILES string of the molecule is Cc1ccc([C@H](Nc2c(Nc3c(F)ccc4c3C(=O)NC4)c(=O)c2=O)C(C)(C)C)s1. The van der Waals surface area contributed by atoms with Crippen molar-refractivity contribution in [3.8, 4) is 0 Å². The number of benzene rings is 1. The summed E-state index contributed by atoms with van der Waals surface area (Å²) in [6.45, 7) is 8.40. The van der Waals surface area contributed by atoms with Crippen molar-refractivity contribution in [2.24, 2.45) is 5.41 Å². The number of amides is 1. The maximum Gasteiger partial charge on any atom is 0.254 e. The summed E-state index contributed by atoms with van der Waals surface area (Å²) in [5, 5.41) is 8.58. The van der Waals surface area contributed by atoms with Crippen molar-refractivity contribution in [1.82, 2.24) is 5.32 Å². The summed E-state index contributed by atoms with van der Waals surface area (Å²) < 4.78 is 14.5. The third-order valence-corrected chi connectivity index (χ3v) is 6.33. The van der Waals surface area contributed by atoms with Gasteiger partial charge in [0.1, 0.15) is 17.2 Å². The fourth-order valence-corrected chi connectivity index (χ4v) is 4.83. The zero-order valence-corrected chi connectivity index (χ0v) is 17.9. The highest BCUT2D eigenvalue weighted by atomic mass is 32.1. The molecule has 4 rings (SSSR count). The molecule has 0 saturated heterocycles. The van der Waals surface area contributed by atoms with E-state index in [-0.39, 0.29) is 34.1 Å². The Kier molecular flexibility index (Phi) is 4.77. The first-order chi connectivity index (χ1) is 14.1. The monoisotopic (exact) mass is 427 g/mol. The van der Waals surface area contributed by atoms with Gasteiger partial charge in [0, 0.05) is 16.3 Å². The molecule has 1 amide bonds. The van der Waals surface area contributed by atoms with Gasteiger partial charge in [-0.05, 0) is 36.1 Å². The normalized spacial score (nSPS) is 14.5. The molecule has 1 aliphatic heterocycles. The second-order valence-corrected chi connectivity index (χ2v) is 9.88. The van der Waals surface area contributed by atoms with Gasteiger partial charge in [-0.25, -0.2) is 4.39 Å². The van der Waals surface area contributed by atoms with Crippen molar-refractivity contribution < 1.29 is 9.18 Å². The maximum absolute atomic E-state index is 14.5. The smallest absolute Gasteiger partial charge is 0.254 e. The summed E-state index contributed by atoms with van der Waals surface area (Å²) in [4.78, 5) is 39.0. The van der Waals surface area contributed by atoms with E-state index in [2.05, 4.69) is 16.0 Å². The van der Waals surface area contributed by atoms with Crippen LogP contribution < -0.4 is 26.8 Å². The van der Waals surface area contributed by atoms with Gasteiger partial charge in [0.05, 0.1) is 17.3 Å². The van der Waals surface area contributed by atoms with Crippen molar-refractivity contribution in [2.45, 2.75) is 40.3 Å². The molecule has 0 bridgehead atoms. The van der Waals surface area contributed by atoms with Gasteiger partial charge in [0.2, 0.25) is 0 Å². The minimum Gasteiger partial charge on any atom is -0.372 e. The van der Waals surface area contributed by atoms with E-state index in [1.807, 2.05) is 39.8 Å². The Bertz CT molecular complexity index is 1230. The molecule has 2 heterocycles. The zero-order chi connectivity index (χ0) is 21.8. The Balaban J connectivity index is 1.72. The number of carbonyl (C=O) groups is 1.